The summed E-state index contributed by atoms with van der Waals surface area (Å²) in [5.41, 5.74) is 4.35. The molecule has 0 radical (unpaired) electrons. The van der Waals surface area contributed by atoms with Crippen LogP contribution in [0.4, 0.5) is 0 Å². The summed E-state index contributed by atoms with van der Waals surface area (Å²) in [5, 5.41) is 4.41. The highest BCUT2D eigenvalue weighted by Crippen LogP contribution is 2.24. The molecule has 0 fully saturated rings. The Hall–Kier alpha value is -2.37. The lowest BCUT2D eigenvalue weighted by Crippen LogP contribution is -2.04. The van der Waals surface area contributed by atoms with E-state index in [2.05, 4.69) is 45.0 Å². The lowest BCUT2D eigenvalue weighted by Gasteiger charge is -2.08. The van der Waals surface area contributed by atoms with Crippen molar-refractivity contribution in [2.75, 3.05) is 0 Å². The Labute approximate surface area is 124 Å². The van der Waals surface area contributed by atoms with Crippen LogP contribution in [-0.4, -0.2) is 28.9 Å². The van der Waals surface area contributed by atoms with Crippen molar-refractivity contribution in [3.05, 3.63) is 35.7 Å². The van der Waals surface area contributed by atoms with Crippen molar-refractivity contribution in [3.8, 4) is 17.3 Å². The Morgan fingerprint density at radius 3 is 2.43 bits per heavy atom. The van der Waals surface area contributed by atoms with Gasteiger partial charge >= 0.3 is 0 Å². The Bertz CT molecular complexity index is 789. The van der Waals surface area contributed by atoms with E-state index in [1.54, 1.807) is 6.20 Å². The third-order valence-corrected chi connectivity index (χ3v) is 4.10. The number of imidazole rings is 2. The molecule has 0 saturated carbocycles. The zero-order valence-electron chi connectivity index (χ0n) is 13.1. The largest absolute Gasteiger partial charge is 0.329 e. The van der Waals surface area contributed by atoms with Crippen molar-refractivity contribution < 1.29 is 0 Å². The molecule has 0 saturated heterocycles. The lowest BCUT2D eigenvalue weighted by atomic mass is 10.3. The molecule has 0 aliphatic heterocycles. The maximum Gasteiger partial charge on any atom is 0.181 e. The van der Waals surface area contributed by atoms with E-state index in [4.69, 9.17) is 0 Å². The third kappa shape index (κ3) is 1.98. The van der Waals surface area contributed by atoms with Crippen molar-refractivity contribution in [3.63, 3.8) is 0 Å². The minimum Gasteiger partial charge on any atom is -0.329 e. The molecule has 0 N–H and O–H groups in total. The molecule has 3 rings (SSSR count). The first-order valence-corrected chi connectivity index (χ1v) is 7.11. The summed E-state index contributed by atoms with van der Waals surface area (Å²) in [6.07, 6.45) is 5.64. The number of aryl methyl sites for hydroxylation is 2. The smallest absolute Gasteiger partial charge is 0.181 e. The summed E-state index contributed by atoms with van der Waals surface area (Å²) >= 11 is 0. The van der Waals surface area contributed by atoms with Crippen LogP contribution in [-0.2, 0) is 13.6 Å². The molecule has 3 aromatic rings. The standard InChI is InChI=1S/C15H20N6/c1-6-21-12(4)13(9-17-21)20-8-7-16-14(20)15-18-10(2)11(3)19(15)5/h7-9H,6H2,1-5H3. The first kappa shape index (κ1) is 13.6. The summed E-state index contributed by atoms with van der Waals surface area (Å²) in [7, 11) is 2.02. The van der Waals surface area contributed by atoms with Gasteiger partial charge in [-0.2, -0.15) is 5.10 Å². The predicted molar refractivity (Wildman–Crippen MR) is 81.4 cm³/mol. The second-order valence-corrected chi connectivity index (χ2v) is 5.22. The van der Waals surface area contributed by atoms with E-state index in [0.29, 0.717) is 0 Å². The average molecular weight is 284 g/mol. The fourth-order valence-corrected chi connectivity index (χ4v) is 2.57. The molecular weight excluding hydrogens is 264 g/mol. The van der Waals surface area contributed by atoms with Crippen LogP contribution in [0.15, 0.2) is 18.6 Å². The van der Waals surface area contributed by atoms with Crippen molar-refractivity contribution in [2.45, 2.75) is 34.2 Å². The van der Waals surface area contributed by atoms with Gasteiger partial charge in [0.25, 0.3) is 0 Å². The first-order chi connectivity index (χ1) is 10.0. The minimum absolute atomic E-state index is 0.840. The first-order valence-electron chi connectivity index (χ1n) is 7.11. The van der Waals surface area contributed by atoms with Gasteiger partial charge in [-0.15, -0.1) is 0 Å². The highest BCUT2D eigenvalue weighted by atomic mass is 15.3. The molecular formula is C15H20N6. The van der Waals surface area contributed by atoms with Crippen LogP contribution in [0.1, 0.15) is 24.0 Å². The molecule has 0 aromatic carbocycles. The quantitative estimate of drug-likeness (QED) is 0.742. The molecule has 0 bridgehead atoms. The predicted octanol–water partition coefficient (Wildman–Crippen LogP) is 2.41. The van der Waals surface area contributed by atoms with Crippen molar-refractivity contribution in [2.24, 2.45) is 7.05 Å². The summed E-state index contributed by atoms with van der Waals surface area (Å²) in [4.78, 5) is 9.14. The minimum atomic E-state index is 0.840. The van der Waals surface area contributed by atoms with Crippen LogP contribution in [0, 0.1) is 20.8 Å². The molecule has 0 atom stereocenters. The average Bonchev–Trinajstić information content (AvgIpc) is 3.13. The molecule has 6 nitrogen and oxygen atoms in total. The number of hydrogen-bond acceptors (Lipinski definition) is 3. The van der Waals surface area contributed by atoms with E-state index in [-0.39, 0.29) is 0 Å². The van der Waals surface area contributed by atoms with Crippen LogP contribution in [0.3, 0.4) is 0 Å². The van der Waals surface area contributed by atoms with Crippen molar-refractivity contribution >= 4 is 0 Å². The van der Waals surface area contributed by atoms with Gasteiger partial charge in [0.1, 0.15) is 0 Å². The highest BCUT2D eigenvalue weighted by Gasteiger charge is 2.18. The Balaban J connectivity index is 2.17. The molecule has 0 unspecified atom stereocenters. The molecule has 6 heteroatoms. The monoisotopic (exact) mass is 284 g/mol. The Kier molecular flexibility index (Phi) is 3.16. The van der Waals surface area contributed by atoms with Crippen molar-refractivity contribution in [1.82, 2.24) is 28.9 Å². The third-order valence-electron chi connectivity index (χ3n) is 4.10. The SMILES string of the molecule is CCn1ncc(-n2ccnc2-c2nc(C)c(C)n2C)c1C. The topological polar surface area (TPSA) is 53.5 Å². The number of hydrogen-bond donors (Lipinski definition) is 0. The van der Waals surface area contributed by atoms with E-state index >= 15 is 0 Å². The van der Waals surface area contributed by atoms with Gasteiger partial charge in [0.2, 0.25) is 0 Å². The second kappa shape index (κ2) is 4.87. The van der Waals surface area contributed by atoms with Gasteiger partial charge in [0, 0.05) is 31.7 Å². The fraction of sp³-hybridized carbons (Fsp3) is 0.400. The summed E-state index contributed by atoms with van der Waals surface area (Å²) in [5.74, 6) is 1.71. The normalized spacial score (nSPS) is 11.3. The molecule has 0 aliphatic rings. The van der Waals surface area contributed by atoms with Gasteiger partial charge in [-0.1, -0.05) is 0 Å². The number of nitrogens with zero attached hydrogens (tertiary/aromatic N) is 6. The molecule has 0 spiro atoms. The molecule has 3 aromatic heterocycles. The maximum atomic E-state index is 4.65. The van der Waals surface area contributed by atoms with E-state index < -0.39 is 0 Å². The summed E-state index contributed by atoms with van der Waals surface area (Å²) < 4.78 is 6.11. The van der Waals surface area contributed by atoms with Crippen LogP contribution < -0.4 is 0 Å². The second-order valence-electron chi connectivity index (χ2n) is 5.22. The Morgan fingerprint density at radius 2 is 1.86 bits per heavy atom. The van der Waals surface area contributed by atoms with Gasteiger partial charge in [-0.05, 0) is 27.7 Å². The maximum absolute atomic E-state index is 4.65. The van der Waals surface area contributed by atoms with Crippen LogP contribution in [0.2, 0.25) is 0 Å². The molecule has 3 heterocycles. The summed E-state index contributed by atoms with van der Waals surface area (Å²) in [6.45, 7) is 9.11. The molecule has 0 aliphatic carbocycles. The van der Waals surface area contributed by atoms with Crippen LogP contribution in [0.25, 0.3) is 17.3 Å². The zero-order chi connectivity index (χ0) is 15.1. The number of rotatable bonds is 3. The zero-order valence-corrected chi connectivity index (χ0v) is 13.1. The van der Waals surface area contributed by atoms with Gasteiger partial charge < -0.3 is 4.57 Å². The van der Waals surface area contributed by atoms with E-state index in [0.717, 1.165) is 41.0 Å². The highest BCUT2D eigenvalue weighted by molar-refractivity contribution is 5.53. The van der Waals surface area contributed by atoms with Gasteiger partial charge in [0.05, 0.1) is 23.3 Å². The van der Waals surface area contributed by atoms with Gasteiger partial charge in [-0.3, -0.25) is 9.25 Å². The Morgan fingerprint density at radius 1 is 1.10 bits per heavy atom. The van der Waals surface area contributed by atoms with E-state index in [1.165, 1.54) is 0 Å². The fourth-order valence-electron chi connectivity index (χ4n) is 2.57. The van der Waals surface area contributed by atoms with Crippen molar-refractivity contribution in [1.29, 1.82) is 0 Å². The van der Waals surface area contributed by atoms with Gasteiger partial charge in [0.15, 0.2) is 11.6 Å². The molecule has 0 amide bonds. The summed E-state index contributed by atoms with van der Waals surface area (Å²) in [6, 6.07) is 0. The van der Waals surface area contributed by atoms with Crippen LogP contribution >= 0.6 is 0 Å². The number of aromatic nitrogens is 6. The van der Waals surface area contributed by atoms with Gasteiger partial charge in [-0.25, -0.2) is 9.97 Å². The molecule has 21 heavy (non-hydrogen) atoms. The molecule has 110 valence electrons. The van der Waals surface area contributed by atoms with E-state index in [9.17, 15) is 0 Å². The van der Waals surface area contributed by atoms with E-state index in [1.807, 2.05) is 31.0 Å². The lowest BCUT2D eigenvalue weighted by molar-refractivity contribution is 0.639. The van der Waals surface area contributed by atoms with Crippen LogP contribution in [0.5, 0.6) is 0 Å².